The third-order valence-electron chi connectivity index (χ3n) is 2.82. The van der Waals surface area contributed by atoms with Gasteiger partial charge in [0.25, 0.3) is 0 Å². The Kier molecular flexibility index (Phi) is 5.21. The van der Waals surface area contributed by atoms with E-state index in [2.05, 4.69) is 4.12 Å². The molecule has 2 atom stereocenters. The lowest BCUT2D eigenvalue weighted by atomic mass is 10.0. The van der Waals surface area contributed by atoms with Crippen molar-refractivity contribution in [3.05, 3.63) is 0 Å². The third-order valence-corrected chi connectivity index (χ3v) is 7.62. The Morgan fingerprint density at radius 3 is 1.53 bits per heavy atom. The van der Waals surface area contributed by atoms with Crippen LogP contribution in [-0.2, 0) is 4.12 Å². The minimum atomic E-state index is -6.82. The maximum atomic E-state index is 13.3. The third kappa shape index (κ3) is 2.94. The van der Waals surface area contributed by atoms with Crippen molar-refractivity contribution < 1.29 is 43.6 Å². The molecule has 0 aromatic carbocycles. The fraction of sp³-hybridized carbons (Fsp3) is 1.00. The average Bonchev–Trinajstić information content (AvgIpc) is 2.24. The Labute approximate surface area is 107 Å². The number of hydrogen-bond donors (Lipinski definition) is 0. The summed E-state index contributed by atoms with van der Waals surface area (Å²) in [6.45, 7) is 1.50. The van der Waals surface area contributed by atoms with Gasteiger partial charge in [0.05, 0.1) is 0 Å². The van der Waals surface area contributed by atoms with E-state index in [0.717, 1.165) is 6.55 Å². The van der Waals surface area contributed by atoms with Crippen molar-refractivity contribution in [2.45, 2.75) is 43.0 Å². The molecule has 0 aliphatic carbocycles. The molecule has 0 bridgehead atoms. The summed E-state index contributed by atoms with van der Waals surface area (Å²) in [5, 5.41) is 0. The molecular formula is C7H11F9OSi2. The van der Waals surface area contributed by atoms with Crippen molar-refractivity contribution in [3.8, 4) is 0 Å². The molecule has 0 aromatic rings. The summed E-state index contributed by atoms with van der Waals surface area (Å²) in [6, 6.07) is 0. The zero-order chi connectivity index (χ0) is 15.9. The van der Waals surface area contributed by atoms with E-state index < -0.39 is 38.5 Å². The molecule has 0 amide bonds. The van der Waals surface area contributed by atoms with Crippen LogP contribution in [0, 0.1) is 0 Å². The first kappa shape index (κ1) is 18.8. The Balaban J connectivity index is 5.63. The average molecular weight is 338 g/mol. The molecule has 0 aliphatic heterocycles. The number of halogens is 9. The van der Waals surface area contributed by atoms with Crippen molar-refractivity contribution >= 4 is 19.5 Å². The largest absolute Gasteiger partial charge is 0.465 e. The molecule has 116 valence electrons. The Morgan fingerprint density at radius 1 is 0.895 bits per heavy atom. The normalized spacial score (nSPS) is 18.5. The van der Waals surface area contributed by atoms with Crippen molar-refractivity contribution in [1.29, 1.82) is 0 Å². The summed E-state index contributed by atoms with van der Waals surface area (Å²) >= 11 is 0. The van der Waals surface area contributed by atoms with E-state index >= 15 is 0 Å². The highest BCUT2D eigenvalue weighted by atomic mass is 28.3. The highest BCUT2D eigenvalue weighted by Gasteiger charge is 2.82. The molecule has 0 fully saturated rings. The van der Waals surface area contributed by atoms with E-state index in [1.807, 2.05) is 0 Å². The maximum Gasteiger partial charge on any atom is 0.460 e. The summed E-state index contributed by atoms with van der Waals surface area (Å²) in [5.41, 5.74) is -2.38. The van der Waals surface area contributed by atoms with Crippen molar-refractivity contribution in [1.82, 2.24) is 0 Å². The highest BCUT2D eigenvalue weighted by Crippen LogP contribution is 2.56. The zero-order valence-corrected chi connectivity index (χ0v) is 13.1. The zero-order valence-electron chi connectivity index (χ0n) is 9.96. The van der Waals surface area contributed by atoms with Gasteiger partial charge in [-0.15, -0.1) is 0 Å². The van der Waals surface area contributed by atoms with Gasteiger partial charge in [-0.2, -0.15) is 39.5 Å². The predicted octanol–water partition coefficient (Wildman–Crippen LogP) is 2.50. The lowest BCUT2D eigenvalue weighted by Crippen LogP contribution is -2.63. The smallest absolute Gasteiger partial charge is 0.460 e. The molecule has 0 radical (unpaired) electrons. The SMILES string of the molecule is CC([SiH](C)O[SiH3])C(F)(F)C(F)(F)C(F)(F)C(F)(F)F. The van der Waals surface area contributed by atoms with Crippen LogP contribution >= 0.6 is 0 Å². The monoisotopic (exact) mass is 338 g/mol. The molecule has 2 unspecified atom stereocenters. The molecule has 0 heterocycles. The van der Waals surface area contributed by atoms with E-state index in [0.29, 0.717) is 6.92 Å². The van der Waals surface area contributed by atoms with Crippen LogP contribution in [0.4, 0.5) is 39.5 Å². The second-order valence-corrected chi connectivity index (χ2v) is 8.29. The molecule has 0 aromatic heterocycles. The number of rotatable bonds is 5. The number of alkyl halides is 9. The second-order valence-electron chi connectivity index (χ2n) is 4.00. The molecule has 1 nitrogen and oxygen atoms in total. The minimum Gasteiger partial charge on any atom is -0.465 e. The topological polar surface area (TPSA) is 9.23 Å². The van der Waals surface area contributed by atoms with Gasteiger partial charge < -0.3 is 4.12 Å². The van der Waals surface area contributed by atoms with Crippen LogP contribution in [0.1, 0.15) is 6.92 Å². The molecule has 0 spiro atoms. The van der Waals surface area contributed by atoms with Gasteiger partial charge in [-0.3, -0.25) is 0 Å². The fourth-order valence-electron chi connectivity index (χ4n) is 1.17. The van der Waals surface area contributed by atoms with E-state index in [9.17, 15) is 39.5 Å². The molecule has 0 aliphatic rings. The van der Waals surface area contributed by atoms with E-state index in [-0.39, 0.29) is 10.5 Å². The summed E-state index contributed by atoms with van der Waals surface area (Å²) in [7, 11) is -3.10. The van der Waals surface area contributed by atoms with Crippen LogP contribution in [0.5, 0.6) is 0 Å². The summed E-state index contributed by atoms with van der Waals surface area (Å²) in [4.78, 5) is 0. The molecule has 12 heteroatoms. The first-order valence-corrected chi connectivity index (χ1v) is 7.98. The van der Waals surface area contributed by atoms with Gasteiger partial charge in [0, 0.05) is 5.54 Å². The van der Waals surface area contributed by atoms with Crippen LogP contribution in [0.25, 0.3) is 0 Å². The van der Waals surface area contributed by atoms with E-state index in [1.165, 1.54) is 0 Å². The van der Waals surface area contributed by atoms with Gasteiger partial charge in [0.2, 0.25) is 0 Å². The Morgan fingerprint density at radius 2 is 1.26 bits per heavy atom. The fourth-order valence-corrected chi connectivity index (χ4v) is 3.60. The highest BCUT2D eigenvalue weighted by molar-refractivity contribution is 6.56. The lowest BCUT2D eigenvalue weighted by Gasteiger charge is -2.37. The molecule has 19 heavy (non-hydrogen) atoms. The molecule has 0 N–H and O–H groups in total. The molecule has 0 saturated carbocycles. The van der Waals surface area contributed by atoms with Gasteiger partial charge >= 0.3 is 23.9 Å². The van der Waals surface area contributed by atoms with Crippen molar-refractivity contribution in [2.24, 2.45) is 0 Å². The van der Waals surface area contributed by atoms with Crippen molar-refractivity contribution in [2.75, 3.05) is 0 Å². The van der Waals surface area contributed by atoms with Gasteiger partial charge in [-0.1, -0.05) is 6.92 Å². The number of hydrogen-bond acceptors (Lipinski definition) is 1. The minimum absolute atomic E-state index is 0.105. The summed E-state index contributed by atoms with van der Waals surface area (Å²) in [6.07, 6.45) is -6.77. The standard InChI is InChI=1S/C7H11F9OSi2/c1-3(19(2)17-18)4(8,9)5(10,11)6(12,13)7(14,15)16/h3,19H,1-2,18H3. The summed E-state index contributed by atoms with van der Waals surface area (Å²) in [5.74, 6) is -18.9. The van der Waals surface area contributed by atoms with Gasteiger partial charge in [-0.25, -0.2) is 0 Å². The lowest BCUT2D eigenvalue weighted by molar-refractivity contribution is -0.396. The quantitative estimate of drug-likeness (QED) is 0.553. The van der Waals surface area contributed by atoms with Crippen LogP contribution in [0.3, 0.4) is 0 Å². The van der Waals surface area contributed by atoms with Gasteiger partial charge in [0.15, 0.2) is 9.04 Å². The second kappa shape index (κ2) is 5.27. The summed E-state index contributed by atoms with van der Waals surface area (Å²) < 4.78 is 118. The van der Waals surface area contributed by atoms with Crippen LogP contribution in [-0.4, -0.2) is 43.5 Å². The first-order valence-electron chi connectivity index (χ1n) is 4.87. The van der Waals surface area contributed by atoms with Crippen LogP contribution < -0.4 is 0 Å². The Bertz CT molecular complexity index is 316. The van der Waals surface area contributed by atoms with E-state index in [1.54, 1.807) is 0 Å². The first-order chi connectivity index (χ1) is 8.14. The van der Waals surface area contributed by atoms with Crippen LogP contribution in [0.15, 0.2) is 0 Å². The predicted molar refractivity (Wildman–Crippen MR) is 54.4 cm³/mol. The Hall–Kier alpha value is -0.236. The van der Waals surface area contributed by atoms with Crippen molar-refractivity contribution in [3.63, 3.8) is 0 Å². The molecular weight excluding hydrogens is 327 g/mol. The molecule has 0 rings (SSSR count). The van der Waals surface area contributed by atoms with E-state index in [4.69, 9.17) is 0 Å². The van der Waals surface area contributed by atoms with Crippen LogP contribution in [0.2, 0.25) is 12.1 Å². The molecule has 0 saturated heterocycles. The van der Waals surface area contributed by atoms with Gasteiger partial charge in [0.1, 0.15) is 10.5 Å². The maximum absolute atomic E-state index is 13.3. The van der Waals surface area contributed by atoms with Gasteiger partial charge in [-0.05, 0) is 6.55 Å².